The number of hydrogen-bond donors (Lipinski definition) is 0. The second kappa shape index (κ2) is 4.28. The first-order chi connectivity index (χ1) is 6.20. The fourth-order valence-electron chi connectivity index (χ4n) is 2.09. The highest BCUT2D eigenvalue weighted by Gasteiger charge is 2.26. The van der Waals surface area contributed by atoms with Gasteiger partial charge in [0.15, 0.2) is 0 Å². The molecule has 0 spiro atoms. The third kappa shape index (κ3) is 2.01. The van der Waals surface area contributed by atoms with Gasteiger partial charge < -0.3 is 4.79 Å². The minimum Gasteiger partial charge on any atom is -0.303 e. The van der Waals surface area contributed by atoms with Crippen molar-refractivity contribution in [2.24, 2.45) is 11.8 Å². The van der Waals surface area contributed by atoms with Gasteiger partial charge in [0, 0.05) is 12.3 Å². The van der Waals surface area contributed by atoms with Crippen LogP contribution in [0, 0.1) is 24.2 Å². The smallest absolute Gasteiger partial charge is 0.123 e. The molecular formula is C12H16O. The molecule has 13 heavy (non-hydrogen) atoms. The number of allylic oxidation sites excluding steroid dienone is 2. The van der Waals surface area contributed by atoms with Crippen LogP contribution in [0.2, 0.25) is 0 Å². The lowest BCUT2D eigenvalue weighted by Crippen LogP contribution is -2.12. The molecule has 0 aliphatic heterocycles. The van der Waals surface area contributed by atoms with E-state index in [1.165, 1.54) is 11.1 Å². The zero-order valence-corrected chi connectivity index (χ0v) is 8.34. The molecule has 0 unspecified atom stereocenters. The summed E-state index contributed by atoms with van der Waals surface area (Å²) >= 11 is 0. The first-order valence-electron chi connectivity index (χ1n) is 4.78. The van der Waals surface area contributed by atoms with E-state index in [4.69, 9.17) is 6.42 Å². The fraction of sp³-hybridized carbons (Fsp3) is 0.583. The second-order valence-corrected chi connectivity index (χ2v) is 3.83. The standard InChI is InChI=1S/C12H16O/c1-4-5-11-9(2)6-7-12(11)10(3)8-13/h1,8,10,12H,5-7H2,2-3H3/t10-,12-/m0/s1. The quantitative estimate of drug-likeness (QED) is 0.367. The van der Waals surface area contributed by atoms with Crippen LogP contribution in [0.25, 0.3) is 0 Å². The Balaban J connectivity index is 2.79. The van der Waals surface area contributed by atoms with Gasteiger partial charge in [-0.3, -0.25) is 0 Å². The van der Waals surface area contributed by atoms with Gasteiger partial charge in [-0.2, -0.15) is 0 Å². The van der Waals surface area contributed by atoms with Crippen molar-refractivity contribution in [3.63, 3.8) is 0 Å². The maximum atomic E-state index is 10.7. The predicted molar refractivity (Wildman–Crippen MR) is 54.1 cm³/mol. The van der Waals surface area contributed by atoms with Crippen LogP contribution in [-0.2, 0) is 4.79 Å². The van der Waals surface area contributed by atoms with Gasteiger partial charge >= 0.3 is 0 Å². The van der Waals surface area contributed by atoms with Gasteiger partial charge in [0.1, 0.15) is 6.29 Å². The number of rotatable bonds is 3. The molecule has 0 aromatic carbocycles. The van der Waals surface area contributed by atoms with Crippen molar-refractivity contribution in [3.05, 3.63) is 11.1 Å². The van der Waals surface area contributed by atoms with E-state index < -0.39 is 0 Å². The van der Waals surface area contributed by atoms with E-state index in [0.717, 1.165) is 19.1 Å². The summed E-state index contributed by atoms with van der Waals surface area (Å²) in [5.41, 5.74) is 2.73. The zero-order chi connectivity index (χ0) is 9.84. The molecule has 0 aromatic rings. The molecule has 0 saturated heterocycles. The Morgan fingerprint density at radius 3 is 3.00 bits per heavy atom. The third-order valence-electron chi connectivity index (χ3n) is 2.97. The average Bonchev–Trinajstić information content (AvgIpc) is 2.48. The first-order valence-corrected chi connectivity index (χ1v) is 4.78. The Morgan fingerprint density at radius 2 is 2.46 bits per heavy atom. The minimum atomic E-state index is 0.126. The molecule has 0 radical (unpaired) electrons. The van der Waals surface area contributed by atoms with Gasteiger partial charge in [-0.05, 0) is 25.7 Å². The lowest BCUT2D eigenvalue weighted by Gasteiger charge is -2.16. The Bertz CT molecular complexity index is 267. The van der Waals surface area contributed by atoms with E-state index in [1.54, 1.807) is 0 Å². The Labute approximate surface area is 80.2 Å². The van der Waals surface area contributed by atoms with Crippen molar-refractivity contribution in [2.75, 3.05) is 0 Å². The largest absolute Gasteiger partial charge is 0.303 e. The van der Waals surface area contributed by atoms with E-state index in [1.807, 2.05) is 6.92 Å². The highest BCUT2D eigenvalue weighted by atomic mass is 16.1. The lowest BCUT2D eigenvalue weighted by molar-refractivity contribution is -0.111. The van der Waals surface area contributed by atoms with Gasteiger partial charge in [-0.1, -0.05) is 18.1 Å². The van der Waals surface area contributed by atoms with Crippen LogP contribution in [0.15, 0.2) is 11.1 Å². The maximum absolute atomic E-state index is 10.7. The molecule has 0 aromatic heterocycles. The third-order valence-corrected chi connectivity index (χ3v) is 2.97. The lowest BCUT2D eigenvalue weighted by atomic mass is 9.87. The van der Waals surface area contributed by atoms with E-state index >= 15 is 0 Å². The summed E-state index contributed by atoms with van der Waals surface area (Å²) < 4.78 is 0. The van der Waals surface area contributed by atoms with Crippen molar-refractivity contribution < 1.29 is 4.79 Å². The average molecular weight is 176 g/mol. The van der Waals surface area contributed by atoms with Crippen molar-refractivity contribution in [2.45, 2.75) is 33.1 Å². The van der Waals surface area contributed by atoms with E-state index in [9.17, 15) is 4.79 Å². The van der Waals surface area contributed by atoms with Crippen molar-refractivity contribution >= 4 is 6.29 Å². The molecule has 0 amide bonds. The van der Waals surface area contributed by atoms with Crippen LogP contribution in [0.1, 0.15) is 33.1 Å². The Hall–Kier alpha value is -1.03. The molecule has 1 aliphatic rings. The molecule has 0 fully saturated rings. The van der Waals surface area contributed by atoms with E-state index in [2.05, 4.69) is 12.8 Å². The van der Waals surface area contributed by atoms with Crippen LogP contribution in [0.4, 0.5) is 0 Å². The van der Waals surface area contributed by atoms with Crippen LogP contribution in [-0.4, -0.2) is 6.29 Å². The second-order valence-electron chi connectivity index (χ2n) is 3.83. The van der Waals surface area contributed by atoms with Crippen LogP contribution in [0.3, 0.4) is 0 Å². The van der Waals surface area contributed by atoms with E-state index in [0.29, 0.717) is 12.3 Å². The number of terminal acetylenes is 1. The summed E-state index contributed by atoms with van der Waals surface area (Å²) in [5.74, 6) is 3.21. The number of aldehydes is 1. The molecule has 0 N–H and O–H groups in total. The Morgan fingerprint density at radius 1 is 1.77 bits per heavy atom. The topological polar surface area (TPSA) is 17.1 Å². The van der Waals surface area contributed by atoms with Gasteiger partial charge in [-0.15, -0.1) is 12.3 Å². The summed E-state index contributed by atoms with van der Waals surface area (Å²) in [4.78, 5) is 10.7. The number of carbonyl (C=O) groups excluding carboxylic acids is 1. The summed E-state index contributed by atoms with van der Waals surface area (Å²) in [6.45, 7) is 4.11. The SMILES string of the molecule is C#CCC1=C(C)CC[C@H]1[C@@H](C)C=O. The summed E-state index contributed by atoms with van der Waals surface area (Å²) in [6.07, 6.45) is 9.27. The normalized spacial score (nSPS) is 24.2. The monoisotopic (exact) mass is 176 g/mol. The first kappa shape index (κ1) is 10.1. The molecule has 1 aliphatic carbocycles. The molecule has 0 heterocycles. The summed E-state index contributed by atoms with van der Waals surface area (Å²) in [7, 11) is 0. The van der Waals surface area contributed by atoms with Gasteiger partial charge in [0.05, 0.1) is 0 Å². The van der Waals surface area contributed by atoms with Crippen LogP contribution >= 0.6 is 0 Å². The minimum absolute atomic E-state index is 0.126. The van der Waals surface area contributed by atoms with Crippen molar-refractivity contribution in [1.82, 2.24) is 0 Å². The summed E-state index contributed by atoms with van der Waals surface area (Å²) in [5, 5.41) is 0. The molecule has 2 atom stereocenters. The highest BCUT2D eigenvalue weighted by Crippen LogP contribution is 2.37. The van der Waals surface area contributed by atoms with Crippen LogP contribution in [0.5, 0.6) is 0 Å². The number of carbonyl (C=O) groups is 1. The van der Waals surface area contributed by atoms with Crippen LogP contribution < -0.4 is 0 Å². The molecule has 1 rings (SSSR count). The molecule has 70 valence electrons. The van der Waals surface area contributed by atoms with Gasteiger partial charge in [0.25, 0.3) is 0 Å². The Kier molecular flexibility index (Phi) is 3.31. The molecule has 0 bridgehead atoms. The predicted octanol–water partition coefficient (Wildman–Crippen LogP) is 2.57. The van der Waals surface area contributed by atoms with E-state index in [-0.39, 0.29) is 5.92 Å². The fourth-order valence-corrected chi connectivity index (χ4v) is 2.09. The highest BCUT2D eigenvalue weighted by molar-refractivity contribution is 5.55. The van der Waals surface area contributed by atoms with Crippen molar-refractivity contribution in [1.29, 1.82) is 0 Å². The summed E-state index contributed by atoms with van der Waals surface area (Å²) in [6, 6.07) is 0. The zero-order valence-electron chi connectivity index (χ0n) is 8.34. The number of hydrogen-bond acceptors (Lipinski definition) is 1. The van der Waals surface area contributed by atoms with Gasteiger partial charge in [0.2, 0.25) is 0 Å². The molecule has 1 nitrogen and oxygen atoms in total. The maximum Gasteiger partial charge on any atom is 0.123 e. The molecular weight excluding hydrogens is 160 g/mol. The molecule has 0 saturated carbocycles. The van der Waals surface area contributed by atoms with Crippen molar-refractivity contribution in [3.8, 4) is 12.3 Å². The molecule has 1 heteroatoms. The van der Waals surface area contributed by atoms with Gasteiger partial charge in [-0.25, -0.2) is 0 Å².